The van der Waals surface area contributed by atoms with Gasteiger partial charge in [0.1, 0.15) is 0 Å². The molecule has 2 aliphatic rings. The highest BCUT2D eigenvalue weighted by molar-refractivity contribution is 6.04. The van der Waals surface area contributed by atoms with Crippen molar-refractivity contribution in [2.75, 3.05) is 18.4 Å². The second kappa shape index (κ2) is 9.95. The molecule has 3 N–H and O–H groups in total. The van der Waals surface area contributed by atoms with Crippen LogP contribution in [0.2, 0.25) is 0 Å². The van der Waals surface area contributed by atoms with Gasteiger partial charge in [-0.2, -0.15) is 0 Å². The monoisotopic (exact) mass is 448 g/mol. The van der Waals surface area contributed by atoms with Crippen molar-refractivity contribution in [3.05, 3.63) is 65.2 Å². The summed E-state index contributed by atoms with van der Waals surface area (Å²) in [6.07, 6.45) is 2.09. The Morgan fingerprint density at radius 3 is 2.21 bits per heavy atom. The number of hydrogen-bond acceptors (Lipinski definition) is 5. The Kier molecular flexibility index (Phi) is 6.84. The smallest absolute Gasteiger partial charge is 0.255 e. The fraction of sp³-hybridized carbons (Fsp3) is 0.360. The minimum absolute atomic E-state index is 0.0328. The Hall–Kier alpha value is -3.52. The lowest BCUT2D eigenvalue weighted by Crippen LogP contribution is -2.38. The number of nitrogens with zero attached hydrogens (tertiary/aromatic N) is 2. The first-order valence-corrected chi connectivity index (χ1v) is 11.2. The van der Waals surface area contributed by atoms with Crippen LogP contribution in [-0.4, -0.2) is 46.5 Å². The molecule has 2 fully saturated rings. The third-order valence-electron chi connectivity index (χ3n) is 6.29. The van der Waals surface area contributed by atoms with E-state index in [4.69, 9.17) is 5.73 Å². The molecule has 2 aliphatic heterocycles. The number of primary amides is 1. The first-order valence-electron chi connectivity index (χ1n) is 11.2. The molecule has 0 unspecified atom stereocenters. The molecule has 0 aromatic heterocycles. The van der Waals surface area contributed by atoms with E-state index >= 15 is 0 Å². The number of nitrogens with two attached hydrogens (primary N) is 1. The number of carbonyl (C=O) groups excluding carboxylic acids is 4. The molecule has 0 spiro atoms. The first-order chi connectivity index (χ1) is 15.9. The molecule has 0 radical (unpaired) electrons. The highest BCUT2D eigenvalue weighted by Gasteiger charge is 2.28. The summed E-state index contributed by atoms with van der Waals surface area (Å²) in [5.41, 5.74) is 8.50. The summed E-state index contributed by atoms with van der Waals surface area (Å²) >= 11 is 0. The van der Waals surface area contributed by atoms with Gasteiger partial charge in [0.25, 0.3) is 5.91 Å². The van der Waals surface area contributed by atoms with Crippen LogP contribution >= 0.6 is 0 Å². The Morgan fingerprint density at radius 2 is 1.58 bits per heavy atom. The van der Waals surface area contributed by atoms with Gasteiger partial charge in [0, 0.05) is 36.6 Å². The number of nitrogens with one attached hydrogen (secondary N) is 1. The van der Waals surface area contributed by atoms with Gasteiger partial charge in [0.15, 0.2) is 0 Å². The quantitative estimate of drug-likeness (QED) is 0.631. The molecule has 2 heterocycles. The van der Waals surface area contributed by atoms with E-state index < -0.39 is 0 Å². The van der Waals surface area contributed by atoms with E-state index in [-0.39, 0.29) is 48.9 Å². The summed E-state index contributed by atoms with van der Waals surface area (Å²) in [5, 5.41) is 2.93. The fourth-order valence-electron chi connectivity index (χ4n) is 4.33. The van der Waals surface area contributed by atoms with Crippen molar-refractivity contribution in [1.82, 2.24) is 9.80 Å². The van der Waals surface area contributed by atoms with Crippen LogP contribution < -0.4 is 11.1 Å². The maximum absolute atomic E-state index is 12.7. The van der Waals surface area contributed by atoms with E-state index in [0.717, 1.165) is 43.6 Å². The molecule has 8 nitrogen and oxygen atoms in total. The highest BCUT2D eigenvalue weighted by Crippen LogP contribution is 2.21. The topological polar surface area (TPSA) is 113 Å². The van der Waals surface area contributed by atoms with E-state index in [0.29, 0.717) is 11.3 Å². The second-order valence-electron chi connectivity index (χ2n) is 8.68. The van der Waals surface area contributed by atoms with E-state index in [9.17, 15) is 19.2 Å². The van der Waals surface area contributed by atoms with E-state index in [1.54, 1.807) is 24.3 Å². The first kappa shape index (κ1) is 22.7. The third kappa shape index (κ3) is 5.64. The maximum Gasteiger partial charge on any atom is 0.255 e. The maximum atomic E-state index is 12.7. The molecule has 2 saturated heterocycles. The largest absolute Gasteiger partial charge is 0.369 e. The van der Waals surface area contributed by atoms with Crippen molar-refractivity contribution in [2.45, 2.75) is 38.8 Å². The van der Waals surface area contributed by atoms with Gasteiger partial charge in [0.2, 0.25) is 17.7 Å². The number of piperidine rings is 1. The number of hydrogen-bond donors (Lipinski definition) is 2. The number of anilines is 1. The van der Waals surface area contributed by atoms with Gasteiger partial charge in [-0.05, 0) is 61.3 Å². The van der Waals surface area contributed by atoms with Crippen molar-refractivity contribution in [1.29, 1.82) is 0 Å². The number of benzene rings is 2. The molecule has 172 valence electrons. The molecule has 0 aliphatic carbocycles. The predicted molar refractivity (Wildman–Crippen MR) is 123 cm³/mol. The lowest BCUT2D eigenvalue weighted by atomic mass is 9.96. The number of imide groups is 1. The summed E-state index contributed by atoms with van der Waals surface area (Å²) in [7, 11) is 0. The van der Waals surface area contributed by atoms with Gasteiger partial charge in [-0.1, -0.05) is 24.3 Å². The predicted octanol–water partition coefficient (Wildman–Crippen LogP) is 2.29. The summed E-state index contributed by atoms with van der Waals surface area (Å²) in [5.74, 6) is -0.785. The average Bonchev–Trinajstić information content (AvgIpc) is 3.12. The average molecular weight is 449 g/mol. The van der Waals surface area contributed by atoms with Crippen molar-refractivity contribution in [3.8, 4) is 0 Å². The van der Waals surface area contributed by atoms with Crippen molar-refractivity contribution in [3.63, 3.8) is 0 Å². The molecular weight excluding hydrogens is 420 g/mol. The standard InChI is InChI=1S/C25H28N4O4/c26-24(32)19-10-12-28(13-11-19)15-18-2-1-3-21(14-18)27-25(33)20-6-4-17(5-7-20)16-29-22(30)8-9-23(29)31/h1-7,14,19H,8-13,15-16H2,(H2,26,32)(H,27,33). The fourth-order valence-corrected chi connectivity index (χ4v) is 4.33. The molecule has 2 aromatic carbocycles. The van der Waals surface area contributed by atoms with E-state index in [2.05, 4.69) is 10.2 Å². The third-order valence-corrected chi connectivity index (χ3v) is 6.29. The Morgan fingerprint density at radius 1 is 0.909 bits per heavy atom. The lowest BCUT2D eigenvalue weighted by molar-refractivity contribution is -0.139. The van der Waals surface area contributed by atoms with Crippen LogP contribution in [0.1, 0.15) is 47.2 Å². The Bertz CT molecular complexity index is 1040. The van der Waals surface area contributed by atoms with Gasteiger partial charge in [0.05, 0.1) is 6.54 Å². The number of carbonyl (C=O) groups is 4. The van der Waals surface area contributed by atoms with Crippen molar-refractivity contribution in [2.24, 2.45) is 11.7 Å². The van der Waals surface area contributed by atoms with Crippen LogP contribution in [0.15, 0.2) is 48.5 Å². The summed E-state index contributed by atoms with van der Waals surface area (Å²) < 4.78 is 0. The van der Waals surface area contributed by atoms with Gasteiger partial charge < -0.3 is 11.1 Å². The van der Waals surface area contributed by atoms with Crippen LogP contribution in [0.4, 0.5) is 5.69 Å². The van der Waals surface area contributed by atoms with Gasteiger partial charge >= 0.3 is 0 Å². The van der Waals surface area contributed by atoms with Gasteiger partial charge in [-0.25, -0.2) is 0 Å². The van der Waals surface area contributed by atoms with Crippen LogP contribution in [0, 0.1) is 5.92 Å². The number of rotatable bonds is 7. The lowest BCUT2D eigenvalue weighted by Gasteiger charge is -2.30. The molecule has 4 amide bonds. The molecule has 4 rings (SSSR count). The van der Waals surface area contributed by atoms with Crippen molar-refractivity contribution < 1.29 is 19.2 Å². The minimum Gasteiger partial charge on any atom is -0.369 e. The molecule has 33 heavy (non-hydrogen) atoms. The normalized spacial score (nSPS) is 17.4. The van der Waals surface area contributed by atoms with Gasteiger partial charge in [-0.3, -0.25) is 29.0 Å². The molecular formula is C25H28N4O4. The zero-order chi connectivity index (χ0) is 23.4. The van der Waals surface area contributed by atoms with E-state index in [1.807, 2.05) is 24.3 Å². The van der Waals surface area contributed by atoms with Crippen molar-refractivity contribution >= 4 is 29.3 Å². The van der Waals surface area contributed by atoms with Crippen LogP contribution in [0.5, 0.6) is 0 Å². The minimum atomic E-state index is -0.228. The van der Waals surface area contributed by atoms with Crippen LogP contribution in [-0.2, 0) is 27.5 Å². The molecule has 0 bridgehead atoms. The Labute approximate surface area is 192 Å². The number of amides is 4. The zero-order valence-electron chi connectivity index (χ0n) is 18.5. The van der Waals surface area contributed by atoms with Crippen LogP contribution in [0.25, 0.3) is 0 Å². The van der Waals surface area contributed by atoms with E-state index in [1.165, 1.54) is 4.90 Å². The Balaban J connectivity index is 1.32. The molecule has 0 saturated carbocycles. The molecule has 0 atom stereocenters. The van der Waals surface area contributed by atoms with Gasteiger partial charge in [-0.15, -0.1) is 0 Å². The summed E-state index contributed by atoms with van der Waals surface area (Å²) in [6.45, 7) is 2.63. The second-order valence-corrected chi connectivity index (χ2v) is 8.68. The molecule has 2 aromatic rings. The molecule has 8 heteroatoms. The highest BCUT2D eigenvalue weighted by atomic mass is 16.2. The number of likely N-dealkylation sites (tertiary alicyclic amines) is 2. The zero-order valence-corrected chi connectivity index (χ0v) is 18.5. The SMILES string of the molecule is NC(=O)C1CCN(Cc2cccc(NC(=O)c3ccc(CN4C(=O)CCC4=O)cc3)c2)CC1. The van der Waals surface area contributed by atoms with Crippen LogP contribution in [0.3, 0.4) is 0 Å². The summed E-state index contributed by atoms with van der Waals surface area (Å²) in [6, 6.07) is 14.7. The summed E-state index contributed by atoms with van der Waals surface area (Å²) in [4.78, 5) is 51.1.